The highest BCUT2D eigenvalue weighted by atomic mass is 35.5. The monoisotopic (exact) mass is 376 g/mol. The number of hydrogen-bond donors (Lipinski definition) is 1. The molecule has 0 fully saturated rings. The summed E-state index contributed by atoms with van der Waals surface area (Å²) in [6.45, 7) is 4.22. The van der Waals surface area contributed by atoms with Gasteiger partial charge in [-0.25, -0.2) is 8.78 Å². The second kappa shape index (κ2) is 7.03. The average molecular weight is 377 g/mol. The van der Waals surface area contributed by atoms with Crippen LogP contribution < -0.4 is 5.32 Å². The van der Waals surface area contributed by atoms with Crippen molar-refractivity contribution in [3.63, 3.8) is 0 Å². The lowest BCUT2D eigenvalue weighted by Crippen LogP contribution is -2.34. The number of nitrogens with one attached hydrogen (secondary N) is 1. The third kappa shape index (κ3) is 3.63. The molecule has 3 aromatic carbocycles. The van der Waals surface area contributed by atoms with Crippen molar-refractivity contribution in [3.05, 3.63) is 106 Å². The van der Waals surface area contributed by atoms with Crippen LogP contribution in [0.4, 0.5) is 14.5 Å². The van der Waals surface area contributed by atoms with E-state index >= 15 is 0 Å². The zero-order valence-electron chi connectivity index (χ0n) is 13.1. The van der Waals surface area contributed by atoms with Crippen LogP contribution in [0.5, 0.6) is 0 Å². The minimum Gasteiger partial charge on any atom is -0.372 e. The quantitative estimate of drug-likeness (QED) is 0.550. The van der Waals surface area contributed by atoms with Gasteiger partial charge in [0.2, 0.25) is 0 Å². The molecule has 0 heterocycles. The van der Waals surface area contributed by atoms with Gasteiger partial charge in [0.05, 0.1) is 15.6 Å². The lowest BCUT2D eigenvalue weighted by molar-refractivity contribution is 0.611. The van der Waals surface area contributed by atoms with Crippen molar-refractivity contribution < 1.29 is 8.78 Å². The van der Waals surface area contributed by atoms with Gasteiger partial charge in [-0.3, -0.25) is 0 Å². The van der Waals surface area contributed by atoms with Crippen LogP contribution in [0.2, 0.25) is 10.0 Å². The molecule has 0 unspecified atom stereocenters. The molecule has 0 saturated heterocycles. The van der Waals surface area contributed by atoms with Gasteiger partial charge < -0.3 is 5.32 Å². The predicted molar refractivity (Wildman–Crippen MR) is 99.0 cm³/mol. The van der Waals surface area contributed by atoms with E-state index in [-0.39, 0.29) is 10.0 Å². The van der Waals surface area contributed by atoms with Crippen molar-refractivity contribution in [2.75, 3.05) is 5.32 Å². The third-order valence-electron chi connectivity index (χ3n) is 3.96. The van der Waals surface area contributed by atoms with Crippen molar-refractivity contribution >= 4 is 28.9 Å². The van der Waals surface area contributed by atoms with Crippen molar-refractivity contribution in [2.45, 2.75) is 5.54 Å². The summed E-state index contributed by atoms with van der Waals surface area (Å²) >= 11 is 11.6. The van der Waals surface area contributed by atoms with Crippen molar-refractivity contribution in [2.24, 2.45) is 0 Å². The minimum absolute atomic E-state index is 0.00750. The Kier molecular flexibility index (Phi) is 4.98. The summed E-state index contributed by atoms with van der Waals surface area (Å²) in [5.41, 5.74) is 0.612. The van der Waals surface area contributed by atoms with Crippen LogP contribution in [-0.4, -0.2) is 0 Å². The van der Waals surface area contributed by atoms with E-state index in [0.717, 1.165) is 5.69 Å². The highest BCUT2D eigenvalue weighted by molar-refractivity contribution is 6.31. The summed E-state index contributed by atoms with van der Waals surface area (Å²) in [6.07, 6.45) is 0. The predicted octanol–water partition coefficient (Wildman–Crippen LogP) is 6.46. The van der Waals surface area contributed by atoms with Crippen LogP contribution in [-0.2, 0) is 5.54 Å². The van der Waals surface area contributed by atoms with Crippen LogP contribution in [0.15, 0.2) is 66.7 Å². The van der Waals surface area contributed by atoms with Gasteiger partial charge >= 0.3 is 0 Å². The molecule has 0 aliphatic carbocycles. The molecular weight excluding hydrogens is 363 g/mol. The molecule has 0 saturated carbocycles. The zero-order chi connectivity index (χ0) is 18.0. The Hall–Kier alpha value is -2.10. The normalized spacial score (nSPS) is 11.4. The van der Waals surface area contributed by atoms with E-state index in [1.54, 1.807) is 12.1 Å². The first-order valence-corrected chi connectivity index (χ1v) is 8.25. The fraction of sp³-hybridized carbons (Fsp3) is 0.0500. The Morgan fingerprint density at radius 3 is 1.68 bits per heavy atom. The number of para-hydroxylation sites is 1. The van der Waals surface area contributed by atoms with Gasteiger partial charge in [-0.1, -0.05) is 53.5 Å². The molecule has 0 aliphatic heterocycles. The molecule has 1 nitrogen and oxygen atoms in total. The Morgan fingerprint density at radius 2 is 1.24 bits per heavy atom. The van der Waals surface area contributed by atoms with E-state index in [1.165, 1.54) is 24.3 Å². The maximum Gasteiger partial charge on any atom is 0.142 e. The summed E-state index contributed by atoms with van der Waals surface area (Å²) in [5, 5.41) is 3.27. The molecule has 127 valence electrons. The summed E-state index contributed by atoms with van der Waals surface area (Å²) in [4.78, 5) is 0. The molecule has 0 atom stereocenters. The largest absolute Gasteiger partial charge is 0.372 e. The molecule has 0 spiro atoms. The number of rotatable bonds is 4. The van der Waals surface area contributed by atoms with E-state index < -0.39 is 17.2 Å². The molecule has 0 amide bonds. The topological polar surface area (TPSA) is 12.0 Å². The van der Waals surface area contributed by atoms with E-state index in [2.05, 4.69) is 12.2 Å². The summed E-state index contributed by atoms with van der Waals surface area (Å²) < 4.78 is 28.0. The number of halogens is 4. The Labute approximate surface area is 155 Å². The Balaban J connectivity index is 2.15. The van der Waals surface area contributed by atoms with Crippen LogP contribution in [0.3, 0.4) is 0 Å². The van der Waals surface area contributed by atoms with Crippen LogP contribution in [0, 0.1) is 18.6 Å². The van der Waals surface area contributed by atoms with Crippen molar-refractivity contribution in [1.82, 2.24) is 0 Å². The maximum atomic E-state index is 14.0. The highest BCUT2D eigenvalue weighted by Gasteiger charge is 2.30. The summed E-state index contributed by atoms with van der Waals surface area (Å²) in [6, 6.07) is 18.1. The van der Waals surface area contributed by atoms with Gasteiger partial charge in [0.1, 0.15) is 11.6 Å². The lowest BCUT2D eigenvalue weighted by Gasteiger charge is -2.33. The first-order valence-electron chi connectivity index (χ1n) is 7.50. The van der Waals surface area contributed by atoms with E-state index in [9.17, 15) is 8.78 Å². The first kappa shape index (κ1) is 17.7. The molecule has 25 heavy (non-hydrogen) atoms. The van der Waals surface area contributed by atoms with E-state index in [4.69, 9.17) is 23.2 Å². The average Bonchev–Trinajstić information content (AvgIpc) is 2.60. The van der Waals surface area contributed by atoms with Gasteiger partial charge in [0, 0.05) is 5.69 Å². The highest BCUT2D eigenvalue weighted by Crippen LogP contribution is 2.35. The van der Waals surface area contributed by atoms with Crippen molar-refractivity contribution in [3.8, 4) is 0 Å². The number of hydrogen-bond acceptors (Lipinski definition) is 1. The number of anilines is 1. The Morgan fingerprint density at radius 1 is 0.760 bits per heavy atom. The smallest absolute Gasteiger partial charge is 0.142 e. The fourth-order valence-corrected chi connectivity index (χ4v) is 2.84. The second-order valence-corrected chi connectivity index (χ2v) is 6.47. The molecule has 0 aliphatic rings. The maximum absolute atomic E-state index is 14.0. The molecule has 1 radical (unpaired) electrons. The first-order chi connectivity index (χ1) is 11.9. The lowest BCUT2D eigenvalue weighted by atomic mass is 9.84. The SMILES string of the molecule is [CH2]C(Nc1ccccc1)(c1ccc(Cl)c(F)c1)c1ccc(Cl)c(F)c1. The van der Waals surface area contributed by atoms with Gasteiger partial charge in [-0.15, -0.1) is 0 Å². The van der Waals surface area contributed by atoms with Gasteiger partial charge in [0.25, 0.3) is 0 Å². The number of benzene rings is 3. The zero-order valence-corrected chi connectivity index (χ0v) is 14.6. The van der Waals surface area contributed by atoms with Gasteiger partial charge in [0.15, 0.2) is 0 Å². The van der Waals surface area contributed by atoms with E-state index in [0.29, 0.717) is 11.1 Å². The molecule has 1 N–H and O–H groups in total. The van der Waals surface area contributed by atoms with E-state index in [1.807, 2.05) is 30.3 Å². The van der Waals surface area contributed by atoms with Gasteiger partial charge in [-0.2, -0.15) is 0 Å². The Bertz CT molecular complexity index is 846. The molecular formula is C20H14Cl2F2N. The molecule has 0 aromatic heterocycles. The molecule has 3 rings (SSSR count). The molecule has 3 aromatic rings. The molecule has 5 heteroatoms. The van der Waals surface area contributed by atoms with Crippen LogP contribution >= 0.6 is 23.2 Å². The van der Waals surface area contributed by atoms with Crippen LogP contribution in [0.25, 0.3) is 0 Å². The van der Waals surface area contributed by atoms with Crippen molar-refractivity contribution in [1.29, 1.82) is 0 Å². The standard InChI is InChI=1S/C20H14Cl2F2N/c1-20(25-15-5-3-2-4-6-15,13-7-9-16(21)18(23)11-13)14-8-10-17(22)19(24)12-14/h2-12,25H,1H2. The molecule has 0 bridgehead atoms. The second-order valence-electron chi connectivity index (χ2n) is 5.65. The summed E-state index contributed by atoms with van der Waals surface area (Å²) in [5.74, 6) is -1.15. The fourth-order valence-electron chi connectivity index (χ4n) is 2.60. The third-order valence-corrected chi connectivity index (χ3v) is 4.57. The van der Waals surface area contributed by atoms with Crippen LogP contribution in [0.1, 0.15) is 11.1 Å². The summed E-state index contributed by atoms with van der Waals surface area (Å²) in [7, 11) is 0. The van der Waals surface area contributed by atoms with Gasteiger partial charge in [-0.05, 0) is 54.4 Å². The minimum atomic E-state index is -1.14.